The van der Waals surface area contributed by atoms with Crippen molar-refractivity contribution in [1.29, 1.82) is 0 Å². The number of carbonyl (C=O) groups excluding carboxylic acids is 4. The smallest absolute Gasteiger partial charge is 0.326 e. The molecule has 1 aromatic rings. The summed E-state index contributed by atoms with van der Waals surface area (Å²) < 4.78 is 0. The second-order valence-corrected chi connectivity index (χ2v) is 8.35. The van der Waals surface area contributed by atoms with Crippen molar-refractivity contribution in [2.45, 2.75) is 62.7 Å². The van der Waals surface area contributed by atoms with Crippen molar-refractivity contribution < 1.29 is 48.9 Å². The van der Waals surface area contributed by atoms with E-state index in [1.807, 2.05) is 0 Å². The van der Waals surface area contributed by atoms with E-state index < -0.39 is 78.5 Å². The summed E-state index contributed by atoms with van der Waals surface area (Å²) in [5.41, 5.74) is 11.2. The molecule has 0 aromatic heterocycles. The highest BCUT2D eigenvalue weighted by Crippen LogP contribution is 2.07. The molecule has 4 amide bonds. The number of nitrogens with one attached hydrogen (secondary N) is 3. The highest BCUT2D eigenvalue weighted by atomic mass is 16.4. The zero-order valence-electron chi connectivity index (χ0n) is 20.3. The van der Waals surface area contributed by atoms with Crippen LogP contribution in [-0.4, -0.2) is 81.0 Å². The largest absolute Gasteiger partial charge is 0.481 e. The highest BCUT2D eigenvalue weighted by Gasteiger charge is 2.31. The Hall–Kier alpha value is -4.53. The molecule has 1 aromatic carbocycles. The second kappa shape index (κ2) is 15.6. The molecule has 0 aliphatic carbocycles. The third-order valence-corrected chi connectivity index (χ3v) is 5.23. The summed E-state index contributed by atoms with van der Waals surface area (Å²) in [7, 11) is 0. The Morgan fingerprint density at radius 2 is 1.26 bits per heavy atom. The fourth-order valence-electron chi connectivity index (χ4n) is 3.22. The number of hydrogen-bond donors (Lipinski definition) is 8. The number of carboxylic acids is 3. The second-order valence-electron chi connectivity index (χ2n) is 8.35. The van der Waals surface area contributed by atoms with Crippen molar-refractivity contribution in [3.63, 3.8) is 0 Å². The van der Waals surface area contributed by atoms with Crippen LogP contribution in [0, 0.1) is 0 Å². The van der Waals surface area contributed by atoms with E-state index in [0.29, 0.717) is 5.56 Å². The lowest BCUT2D eigenvalue weighted by Gasteiger charge is -2.24. The lowest BCUT2D eigenvalue weighted by atomic mass is 10.0. The SMILES string of the molecule is NC(=O)CCC(NC(=O)C(Cc1ccccc1)NC(=O)C(CC(=O)O)NC(=O)C(N)CCC(=O)O)C(=O)O. The summed E-state index contributed by atoms with van der Waals surface area (Å²) in [4.78, 5) is 82.9. The maximum atomic E-state index is 13.0. The topological polar surface area (TPSA) is 268 Å². The van der Waals surface area contributed by atoms with Gasteiger partial charge in [0.25, 0.3) is 0 Å². The lowest BCUT2D eigenvalue weighted by Crippen LogP contribution is -2.58. The minimum atomic E-state index is -1.69. The van der Waals surface area contributed by atoms with Crippen LogP contribution < -0.4 is 27.4 Å². The van der Waals surface area contributed by atoms with Crippen molar-refractivity contribution in [3.8, 4) is 0 Å². The number of benzene rings is 1. The zero-order valence-corrected chi connectivity index (χ0v) is 20.3. The quantitative estimate of drug-likeness (QED) is 0.105. The monoisotopic (exact) mass is 537 g/mol. The van der Waals surface area contributed by atoms with Crippen LogP contribution in [0.2, 0.25) is 0 Å². The van der Waals surface area contributed by atoms with Crippen LogP contribution in [0.1, 0.15) is 37.7 Å². The Kier molecular flexibility index (Phi) is 12.9. The minimum Gasteiger partial charge on any atom is -0.481 e. The molecule has 208 valence electrons. The molecule has 0 spiro atoms. The molecule has 0 aliphatic heterocycles. The predicted molar refractivity (Wildman–Crippen MR) is 129 cm³/mol. The molecule has 15 nitrogen and oxygen atoms in total. The first kappa shape index (κ1) is 31.5. The minimum absolute atomic E-state index is 0.133. The maximum absolute atomic E-state index is 13.0. The van der Waals surface area contributed by atoms with E-state index in [4.69, 9.17) is 16.6 Å². The maximum Gasteiger partial charge on any atom is 0.326 e. The normalized spacial score (nSPS) is 13.7. The summed E-state index contributed by atoms with van der Waals surface area (Å²) in [6, 6.07) is 2.33. The van der Waals surface area contributed by atoms with Gasteiger partial charge in [-0.25, -0.2) is 4.79 Å². The standard InChI is InChI=1S/C23H31N5O10/c24-13(6-9-18(30)31)20(34)27-16(11-19(32)33)22(36)28-15(10-12-4-2-1-3-5-12)21(35)26-14(23(37)38)7-8-17(25)29/h1-5,13-16H,6-11,24H2,(H2,25,29)(H,26,35)(H,27,34)(H,28,36)(H,30,31)(H,32,33)(H,37,38). The van der Waals surface area contributed by atoms with Gasteiger partial charge < -0.3 is 42.7 Å². The number of aliphatic carboxylic acids is 3. The van der Waals surface area contributed by atoms with E-state index in [1.54, 1.807) is 30.3 Å². The fourth-order valence-corrected chi connectivity index (χ4v) is 3.22. The highest BCUT2D eigenvalue weighted by molar-refractivity contribution is 5.95. The van der Waals surface area contributed by atoms with Gasteiger partial charge in [0.1, 0.15) is 18.1 Å². The first-order chi connectivity index (χ1) is 17.8. The molecule has 4 unspecified atom stereocenters. The summed E-state index contributed by atoms with van der Waals surface area (Å²) in [6.45, 7) is 0. The van der Waals surface area contributed by atoms with E-state index in [2.05, 4.69) is 16.0 Å². The van der Waals surface area contributed by atoms with E-state index in [1.165, 1.54) is 0 Å². The van der Waals surface area contributed by atoms with Gasteiger partial charge in [-0.15, -0.1) is 0 Å². The Bertz CT molecular complexity index is 1030. The molecule has 38 heavy (non-hydrogen) atoms. The third-order valence-electron chi connectivity index (χ3n) is 5.23. The molecule has 0 radical (unpaired) electrons. The average Bonchev–Trinajstić information content (AvgIpc) is 2.83. The molecule has 4 atom stereocenters. The van der Waals surface area contributed by atoms with E-state index in [9.17, 15) is 43.8 Å². The van der Waals surface area contributed by atoms with Gasteiger partial charge in [-0.3, -0.25) is 28.8 Å². The van der Waals surface area contributed by atoms with Gasteiger partial charge in [0.15, 0.2) is 0 Å². The van der Waals surface area contributed by atoms with Crippen molar-refractivity contribution in [3.05, 3.63) is 35.9 Å². The molecule has 0 heterocycles. The van der Waals surface area contributed by atoms with Crippen LogP contribution in [0.5, 0.6) is 0 Å². The van der Waals surface area contributed by atoms with Gasteiger partial charge in [0.2, 0.25) is 23.6 Å². The summed E-state index contributed by atoms with van der Waals surface area (Å²) >= 11 is 0. The van der Waals surface area contributed by atoms with Crippen LogP contribution >= 0.6 is 0 Å². The van der Waals surface area contributed by atoms with Gasteiger partial charge in [-0.05, 0) is 18.4 Å². The number of carbonyl (C=O) groups is 7. The van der Waals surface area contributed by atoms with Gasteiger partial charge in [0.05, 0.1) is 12.5 Å². The Morgan fingerprint density at radius 1 is 0.711 bits per heavy atom. The van der Waals surface area contributed by atoms with Crippen LogP contribution in [-0.2, 0) is 40.0 Å². The first-order valence-electron chi connectivity index (χ1n) is 11.5. The molecule has 10 N–H and O–H groups in total. The van der Waals surface area contributed by atoms with Crippen LogP contribution in [0.4, 0.5) is 0 Å². The van der Waals surface area contributed by atoms with Gasteiger partial charge in [-0.1, -0.05) is 30.3 Å². The molecule has 1 rings (SSSR count). The van der Waals surface area contributed by atoms with Gasteiger partial charge in [0, 0.05) is 19.3 Å². The number of rotatable bonds is 17. The number of nitrogens with two attached hydrogens (primary N) is 2. The molecule has 0 bridgehead atoms. The van der Waals surface area contributed by atoms with Crippen LogP contribution in [0.25, 0.3) is 0 Å². The third kappa shape index (κ3) is 11.9. The molecular weight excluding hydrogens is 506 g/mol. The molecule has 0 fully saturated rings. The number of primary amides is 1. The molecule has 15 heteroatoms. The Labute approximate surface area is 216 Å². The summed E-state index contributed by atoms with van der Waals surface area (Å²) in [6.07, 6.45) is -2.38. The molecule has 0 saturated heterocycles. The Balaban J connectivity index is 3.11. The van der Waals surface area contributed by atoms with Gasteiger partial charge in [-0.2, -0.15) is 0 Å². The fraction of sp³-hybridized carbons (Fsp3) is 0.435. The lowest BCUT2D eigenvalue weighted by molar-refractivity contribution is -0.143. The number of amides is 4. The van der Waals surface area contributed by atoms with Gasteiger partial charge >= 0.3 is 17.9 Å². The van der Waals surface area contributed by atoms with Crippen LogP contribution in [0.3, 0.4) is 0 Å². The molecule has 0 saturated carbocycles. The van der Waals surface area contributed by atoms with Crippen molar-refractivity contribution in [1.82, 2.24) is 16.0 Å². The predicted octanol–water partition coefficient (Wildman–Crippen LogP) is -2.30. The van der Waals surface area contributed by atoms with E-state index in [-0.39, 0.29) is 25.7 Å². The van der Waals surface area contributed by atoms with Crippen LogP contribution in [0.15, 0.2) is 30.3 Å². The van der Waals surface area contributed by atoms with Crippen molar-refractivity contribution in [2.75, 3.05) is 0 Å². The van der Waals surface area contributed by atoms with E-state index in [0.717, 1.165) is 0 Å². The average molecular weight is 538 g/mol. The van der Waals surface area contributed by atoms with E-state index >= 15 is 0 Å². The summed E-state index contributed by atoms with van der Waals surface area (Å²) in [5, 5.41) is 34.0. The zero-order chi connectivity index (χ0) is 28.8. The van der Waals surface area contributed by atoms with Crippen molar-refractivity contribution in [2.24, 2.45) is 11.5 Å². The number of hydrogen-bond acceptors (Lipinski definition) is 8. The Morgan fingerprint density at radius 3 is 1.79 bits per heavy atom. The molecular formula is C23H31N5O10. The van der Waals surface area contributed by atoms with Crippen molar-refractivity contribution >= 4 is 41.5 Å². The number of carboxylic acid groups (broad SMARTS) is 3. The first-order valence-corrected chi connectivity index (χ1v) is 11.5. The summed E-state index contributed by atoms with van der Waals surface area (Å²) in [5.74, 6) is -7.91. The molecule has 0 aliphatic rings.